The highest BCUT2D eigenvalue weighted by molar-refractivity contribution is 6.16. The van der Waals surface area contributed by atoms with Crippen LogP contribution in [0.15, 0.2) is 73.1 Å². The molecule has 0 spiro atoms. The Morgan fingerprint density at radius 2 is 1.68 bits per heavy atom. The zero-order valence-corrected chi connectivity index (χ0v) is 18.8. The van der Waals surface area contributed by atoms with Crippen LogP contribution in [-0.2, 0) is 11.3 Å². The van der Waals surface area contributed by atoms with Crippen molar-refractivity contribution in [1.29, 1.82) is 0 Å². The van der Waals surface area contributed by atoms with Crippen molar-refractivity contribution in [3.63, 3.8) is 0 Å². The third-order valence-electron chi connectivity index (χ3n) is 6.40. The molecule has 7 heteroatoms. The van der Waals surface area contributed by atoms with Gasteiger partial charge in [-0.3, -0.25) is 24.3 Å². The summed E-state index contributed by atoms with van der Waals surface area (Å²) in [6, 6.07) is 18.6. The van der Waals surface area contributed by atoms with E-state index < -0.39 is 6.17 Å². The highest BCUT2D eigenvalue weighted by Crippen LogP contribution is 2.45. The van der Waals surface area contributed by atoms with E-state index in [2.05, 4.69) is 10.3 Å². The molecule has 0 saturated carbocycles. The Labute approximate surface area is 198 Å². The van der Waals surface area contributed by atoms with Crippen LogP contribution in [0.4, 0.5) is 5.69 Å². The van der Waals surface area contributed by atoms with Crippen molar-refractivity contribution < 1.29 is 14.4 Å². The van der Waals surface area contributed by atoms with Gasteiger partial charge in [-0.1, -0.05) is 42.8 Å². The first-order chi connectivity index (χ1) is 16.6. The number of rotatable bonds is 8. The van der Waals surface area contributed by atoms with Gasteiger partial charge in [-0.2, -0.15) is 0 Å². The van der Waals surface area contributed by atoms with Crippen LogP contribution < -0.4 is 10.2 Å². The summed E-state index contributed by atoms with van der Waals surface area (Å²) in [7, 11) is 0. The van der Waals surface area contributed by atoms with E-state index in [1.54, 1.807) is 28.3 Å². The molecule has 0 radical (unpaired) electrons. The van der Waals surface area contributed by atoms with Gasteiger partial charge in [-0.15, -0.1) is 0 Å². The molecule has 34 heavy (non-hydrogen) atoms. The molecule has 0 saturated heterocycles. The number of pyridine rings is 1. The molecule has 0 fully saturated rings. The van der Waals surface area contributed by atoms with E-state index in [0.29, 0.717) is 36.3 Å². The molecule has 0 aliphatic carbocycles. The molecule has 3 heterocycles. The van der Waals surface area contributed by atoms with E-state index in [0.717, 1.165) is 30.4 Å². The second-order valence-corrected chi connectivity index (χ2v) is 8.60. The van der Waals surface area contributed by atoms with Crippen LogP contribution in [0.5, 0.6) is 0 Å². The number of amides is 3. The highest BCUT2D eigenvalue weighted by Gasteiger charge is 2.47. The maximum atomic E-state index is 13.4. The zero-order valence-electron chi connectivity index (χ0n) is 18.8. The fraction of sp³-hybridized carbons (Fsp3) is 0.259. The molecular weight excluding hydrogens is 428 g/mol. The van der Waals surface area contributed by atoms with Gasteiger partial charge in [0, 0.05) is 43.0 Å². The van der Waals surface area contributed by atoms with Gasteiger partial charge in [-0.25, -0.2) is 0 Å². The van der Waals surface area contributed by atoms with Crippen molar-refractivity contribution in [3.8, 4) is 0 Å². The van der Waals surface area contributed by atoms with Crippen LogP contribution in [0.2, 0.25) is 0 Å². The lowest BCUT2D eigenvalue weighted by Gasteiger charge is -2.41. The molecule has 3 aromatic rings. The van der Waals surface area contributed by atoms with Crippen LogP contribution in [0.1, 0.15) is 63.7 Å². The predicted molar refractivity (Wildman–Crippen MR) is 128 cm³/mol. The zero-order chi connectivity index (χ0) is 23.5. The smallest absolute Gasteiger partial charge is 0.260 e. The van der Waals surface area contributed by atoms with Crippen molar-refractivity contribution in [2.24, 2.45) is 0 Å². The number of carbonyl (C=O) groups is 3. The van der Waals surface area contributed by atoms with E-state index in [-0.39, 0.29) is 17.7 Å². The lowest BCUT2D eigenvalue weighted by molar-refractivity contribution is -0.121. The highest BCUT2D eigenvalue weighted by atomic mass is 16.2. The summed E-state index contributed by atoms with van der Waals surface area (Å²) in [6.45, 7) is 0.993. The molecule has 2 aromatic carbocycles. The van der Waals surface area contributed by atoms with Gasteiger partial charge < -0.3 is 10.2 Å². The fourth-order valence-electron chi connectivity index (χ4n) is 4.74. The van der Waals surface area contributed by atoms with Crippen LogP contribution in [0.3, 0.4) is 0 Å². The average Bonchev–Trinajstić information content (AvgIpc) is 3.17. The summed E-state index contributed by atoms with van der Waals surface area (Å²) in [4.78, 5) is 46.3. The molecule has 0 unspecified atom stereocenters. The Morgan fingerprint density at radius 1 is 0.882 bits per heavy atom. The number of para-hydroxylation sites is 1. The first kappa shape index (κ1) is 21.8. The van der Waals surface area contributed by atoms with Gasteiger partial charge >= 0.3 is 0 Å². The monoisotopic (exact) mass is 454 g/mol. The number of benzene rings is 2. The number of nitrogens with one attached hydrogen (secondary N) is 1. The maximum absolute atomic E-state index is 13.4. The molecule has 7 nitrogen and oxygen atoms in total. The minimum Gasteiger partial charge on any atom is -0.352 e. The number of hydrogen-bond donors (Lipinski definition) is 1. The molecule has 3 amide bonds. The molecule has 1 N–H and O–H groups in total. The van der Waals surface area contributed by atoms with E-state index in [1.807, 2.05) is 54.6 Å². The molecule has 2 aliphatic rings. The van der Waals surface area contributed by atoms with E-state index >= 15 is 0 Å². The number of carbonyl (C=O) groups excluding carboxylic acids is 3. The SMILES string of the molecule is O=C(CCCCCN1C(=O)c2ccccc2N2C(=O)c3ccccc3[C@H]12)NCc1cccnc1. The molecule has 0 bridgehead atoms. The van der Waals surface area contributed by atoms with Crippen molar-refractivity contribution >= 4 is 23.4 Å². The Balaban J connectivity index is 1.21. The molecule has 1 atom stereocenters. The average molecular weight is 455 g/mol. The number of aromatic nitrogens is 1. The van der Waals surface area contributed by atoms with Crippen LogP contribution in [0.25, 0.3) is 0 Å². The quantitative estimate of drug-likeness (QED) is 0.520. The van der Waals surface area contributed by atoms with Gasteiger partial charge in [0.15, 0.2) is 0 Å². The van der Waals surface area contributed by atoms with Crippen LogP contribution >= 0.6 is 0 Å². The first-order valence-electron chi connectivity index (χ1n) is 11.6. The largest absolute Gasteiger partial charge is 0.352 e. The summed E-state index contributed by atoms with van der Waals surface area (Å²) >= 11 is 0. The lowest BCUT2D eigenvalue weighted by atomic mass is 10.0. The number of nitrogens with zero attached hydrogens (tertiary/aromatic N) is 3. The Kier molecular flexibility index (Phi) is 6.08. The molecule has 2 aliphatic heterocycles. The normalized spacial score (nSPS) is 16.2. The lowest BCUT2D eigenvalue weighted by Crippen LogP contribution is -2.48. The minimum absolute atomic E-state index is 0.00771. The second-order valence-electron chi connectivity index (χ2n) is 8.60. The Bertz CT molecular complexity index is 1230. The van der Waals surface area contributed by atoms with Crippen molar-refractivity contribution in [2.75, 3.05) is 11.4 Å². The van der Waals surface area contributed by atoms with Gasteiger partial charge in [0.05, 0.1) is 11.3 Å². The summed E-state index contributed by atoms with van der Waals surface area (Å²) < 4.78 is 0. The molecule has 5 rings (SSSR count). The van der Waals surface area contributed by atoms with Gasteiger partial charge in [0.1, 0.15) is 6.17 Å². The number of fused-ring (bicyclic) bond motifs is 5. The summed E-state index contributed by atoms with van der Waals surface area (Å²) in [6.07, 6.45) is 5.77. The number of anilines is 1. The molecule has 1 aromatic heterocycles. The standard InChI is InChI=1S/C27H26N4O3/c32-24(29-18-19-9-8-15-28-17-19)14-2-1-7-16-30-25-20-10-3-4-11-21(20)27(34)31(25)23-13-6-5-12-22(23)26(30)33/h3-6,8-13,15,17,25H,1-2,7,14,16,18H2,(H,29,32)/t25-/m1/s1. The van der Waals surface area contributed by atoms with E-state index in [1.165, 1.54) is 0 Å². The van der Waals surface area contributed by atoms with Crippen molar-refractivity contribution in [2.45, 2.75) is 38.4 Å². The molecule has 172 valence electrons. The van der Waals surface area contributed by atoms with Gasteiger partial charge in [0.25, 0.3) is 11.8 Å². The first-order valence-corrected chi connectivity index (χ1v) is 11.6. The number of unbranched alkanes of at least 4 members (excludes halogenated alkanes) is 2. The van der Waals surface area contributed by atoms with Crippen molar-refractivity contribution in [3.05, 3.63) is 95.3 Å². The summed E-state index contributed by atoms with van der Waals surface area (Å²) in [5.74, 6) is -0.125. The molecular formula is C27H26N4O3. The van der Waals surface area contributed by atoms with E-state index in [9.17, 15) is 14.4 Å². The Hall–Kier alpha value is -4.00. The van der Waals surface area contributed by atoms with E-state index in [4.69, 9.17) is 0 Å². The minimum atomic E-state index is -0.422. The second kappa shape index (κ2) is 9.47. The van der Waals surface area contributed by atoms with Gasteiger partial charge in [-0.05, 0) is 42.7 Å². The third kappa shape index (κ3) is 4.05. The predicted octanol–water partition coefficient (Wildman–Crippen LogP) is 4.07. The maximum Gasteiger partial charge on any atom is 0.260 e. The number of hydrogen-bond acceptors (Lipinski definition) is 4. The topological polar surface area (TPSA) is 82.6 Å². The summed E-state index contributed by atoms with van der Waals surface area (Å²) in [5, 5.41) is 2.92. The van der Waals surface area contributed by atoms with Crippen LogP contribution in [0, 0.1) is 0 Å². The summed E-state index contributed by atoms with van der Waals surface area (Å²) in [5.41, 5.74) is 3.70. The van der Waals surface area contributed by atoms with Crippen molar-refractivity contribution in [1.82, 2.24) is 15.2 Å². The Morgan fingerprint density at radius 3 is 2.50 bits per heavy atom. The third-order valence-corrected chi connectivity index (χ3v) is 6.40. The fourth-order valence-corrected chi connectivity index (χ4v) is 4.74. The van der Waals surface area contributed by atoms with Gasteiger partial charge in [0.2, 0.25) is 5.91 Å². The van der Waals surface area contributed by atoms with Crippen LogP contribution in [-0.4, -0.2) is 34.2 Å².